The van der Waals surface area contributed by atoms with E-state index >= 15 is 0 Å². The van der Waals surface area contributed by atoms with E-state index in [1.54, 1.807) is 38.1 Å². The number of amides is 2. The molecule has 136 valence electrons. The van der Waals surface area contributed by atoms with E-state index < -0.39 is 10.8 Å². The van der Waals surface area contributed by atoms with Crippen molar-refractivity contribution in [3.8, 4) is 0 Å². The van der Waals surface area contributed by atoms with Crippen LogP contribution >= 0.6 is 11.6 Å². The maximum absolute atomic E-state index is 12.4. The molecule has 2 aromatic rings. The molecule has 0 radical (unpaired) electrons. The van der Waals surface area contributed by atoms with Gasteiger partial charge >= 0.3 is 0 Å². The van der Waals surface area contributed by atoms with Gasteiger partial charge in [-0.25, -0.2) is 0 Å². The minimum absolute atomic E-state index is 0.0573. The second kappa shape index (κ2) is 8.44. The number of nitrogens with one attached hydrogen (secondary N) is 2. The first-order valence-electron chi connectivity index (χ1n) is 7.96. The maximum atomic E-state index is 12.4. The van der Waals surface area contributed by atoms with Crippen LogP contribution in [-0.4, -0.2) is 16.7 Å². The van der Waals surface area contributed by atoms with Crippen LogP contribution in [0, 0.1) is 10.1 Å². The molecule has 0 spiro atoms. The lowest BCUT2D eigenvalue weighted by Crippen LogP contribution is -2.27. The van der Waals surface area contributed by atoms with Gasteiger partial charge in [-0.05, 0) is 36.8 Å². The molecule has 2 aromatic carbocycles. The van der Waals surface area contributed by atoms with E-state index in [2.05, 4.69) is 10.6 Å². The van der Waals surface area contributed by atoms with Gasteiger partial charge in [0.25, 0.3) is 11.6 Å². The van der Waals surface area contributed by atoms with Crippen LogP contribution in [0.3, 0.4) is 0 Å². The number of benzene rings is 2. The van der Waals surface area contributed by atoms with Gasteiger partial charge in [0.2, 0.25) is 5.91 Å². The third-order valence-corrected chi connectivity index (χ3v) is 4.00. The molecule has 1 unspecified atom stereocenters. The average Bonchev–Trinajstić information content (AvgIpc) is 2.61. The van der Waals surface area contributed by atoms with Crippen LogP contribution in [0.5, 0.6) is 0 Å². The van der Waals surface area contributed by atoms with Crippen LogP contribution < -0.4 is 10.6 Å². The third kappa shape index (κ3) is 4.80. The molecule has 0 fully saturated rings. The van der Waals surface area contributed by atoms with Gasteiger partial charge in [-0.15, -0.1) is 0 Å². The summed E-state index contributed by atoms with van der Waals surface area (Å²) >= 11 is 5.76. The normalized spacial score (nSPS) is 11.5. The molecule has 2 rings (SSSR count). The quantitative estimate of drug-likeness (QED) is 0.586. The van der Waals surface area contributed by atoms with Crippen LogP contribution in [0.15, 0.2) is 42.5 Å². The second-order valence-electron chi connectivity index (χ2n) is 5.64. The molecule has 2 amide bonds. The summed E-state index contributed by atoms with van der Waals surface area (Å²) in [6.45, 7) is 3.52. The summed E-state index contributed by atoms with van der Waals surface area (Å²) in [5.41, 5.74) is 1.05. The number of rotatable bonds is 6. The SMILES string of the molecule is CCC(=O)Nc1ccc(C(C)NC(=O)c2ccc(Cl)cc2[N+](=O)[O-])cc1. The van der Waals surface area contributed by atoms with Crippen molar-refractivity contribution >= 4 is 34.8 Å². The zero-order chi connectivity index (χ0) is 19.3. The molecular formula is C18H18ClN3O4. The summed E-state index contributed by atoms with van der Waals surface area (Å²) in [5, 5.41) is 16.8. The van der Waals surface area contributed by atoms with E-state index in [4.69, 9.17) is 11.6 Å². The molecule has 26 heavy (non-hydrogen) atoms. The van der Waals surface area contributed by atoms with Crippen molar-refractivity contribution in [3.05, 3.63) is 68.7 Å². The average molecular weight is 376 g/mol. The molecule has 2 N–H and O–H groups in total. The lowest BCUT2D eigenvalue weighted by molar-refractivity contribution is -0.385. The lowest BCUT2D eigenvalue weighted by Gasteiger charge is -2.15. The first-order valence-corrected chi connectivity index (χ1v) is 8.34. The van der Waals surface area contributed by atoms with Crippen LogP contribution in [0.1, 0.15) is 42.2 Å². The Bertz CT molecular complexity index is 837. The fourth-order valence-electron chi connectivity index (χ4n) is 2.31. The smallest absolute Gasteiger partial charge is 0.283 e. The summed E-state index contributed by atoms with van der Waals surface area (Å²) in [6.07, 6.45) is 0.383. The van der Waals surface area contributed by atoms with Gasteiger partial charge in [-0.2, -0.15) is 0 Å². The number of hydrogen-bond acceptors (Lipinski definition) is 4. The largest absolute Gasteiger partial charge is 0.345 e. The molecule has 7 nitrogen and oxygen atoms in total. The highest BCUT2D eigenvalue weighted by Gasteiger charge is 2.22. The Balaban J connectivity index is 2.12. The highest BCUT2D eigenvalue weighted by molar-refractivity contribution is 6.31. The van der Waals surface area contributed by atoms with Gasteiger partial charge in [0.05, 0.1) is 11.0 Å². The predicted octanol–water partition coefficient (Wildman–Crippen LogP) is 4.09. The van der Waals surface area contributed by atoms with E-state index in [1.165, 1.54) is 12.1 Å². The number of halogens is 1. The molecule has 0 saturated heterocycles. The molecule has 8 heteroatoms. The second-order valence-corrected chi connectivity index (χ2v) is 6.07. The summed E-state index contributed by atoms with van der Waals surface area (Å²) < 4.78 is 0. The standard InChI is InChI=1S/C18H18ClN3O4/c1-3-17(23)21-14-7-4-12(5-8-14)11(2)20-18(24)15-9-6-13(19)10-16(15)22(25)26/h4-11H,3H2,1-2H3,(H,20,24)(H,21,23). The highest BCUT2D eigenvalue weighted by atomic mass is 35.5. The molecule has 1 atom stereocenters. The van der Waals surface area contributed by atoms with Gasteiger partial charge in [0.15, 0.2) is 0 Å². The molecule has 0 aliphatic rings. The van der Waals surface area contributed by atoms with Crippen molar-refractivity contribution in [1.29, 1.82) is 0 Å². The van der Waals surface area contributed by atoms with Crippen molar-refractivity contribution in [2.45, 2.75) is 26.3 Å². The van der Waals surface area contributed by atoms with Gasteiger partial charge < -0.3 is 10.6 Å². The number of nitro benzene ring substituents is 1. The number of hydrogen-bond donors (Lipinski definition) is 2. The van der Waals surface area contributed by atoms with Gasteiger partial charge in [0.1, 0.15) is 5.56 Å². The van der Waals surface area contributed by atoms with Gasteiger partial charge in [0, 0.05) is 23.2 Å². The molecular weight excluding hydrogens is 358 g/mol. The van der Waals surface area contributed by atoms with Crippen LogP contribution in [0.25, 0.3) is 0 Å². The Hall–Kier alpha value is -2.93. The molecule has 0 aliphatic carbocycles. The summed E-state index contributed by atoms with van der Waals surface area (Å²) in [6, 6.07) is 10.5. The Morgan fingerprint density at radius 2 is 1.85 bits per heavy atom. The first kappa shape index (κ1) is 19.4. The summed E-state index contributed by atoms with van der Waals surface area (Å²) in [4.78, 5) is 34.3. The molecule has 0 bridgehead atoms. The minimum Gasteiger partial charge on any atom is -0.345 e. The number of carbonyl (C=O) groups excluding carboxylic acids is 2. The van der Waals surface area contributed by atoms with Crippen molar-refractivity contribution in [1.82, 2.24) is 5.32 Å². The van der Waals surface area contributed by atoms with Crippen molar-refractivity contribution in [3.63, 3.8) is 0 Å². The fraction of sp³-hybridized carbons (Fsp3) is 0.222. The predicted molar refractivity (Wildman–Crippen MR) is 99.4 cm³/mol. The Kier molecular flexibility index (Phi) is 6.30. The zero-order valence-corrected chi connectivity index (χ0v) is 15.0. The number of anilines is 1. The van der Waals surface area contributed by atoms with E-state index in [1.807, 2.05) is 0 Å². The van der Waals surface area contributed by atoms with E-state index in [0.717, 1.165) is 11.6 Å². The Morgan fingerprint density at radius 1 is 1.19 bits per heavy atom. The van der Waals surface area contributed by atoms with E-state index in [-0.39, 0.29) is 28.2 Å². The fourth-order valence-corrected chi connectivity index (χ4v) is 2.48. The van der Waals surface area contributed by atoms with Crippen molar-refractivity contribution < 1.29 is 14.5 Å². The zero-order valence-electron chi connectivity index (χ0n) is 14.3. The number of nitrogens with zero attached hydrogens (tertiary/aromatic N) is 1. The minimum atomic E-state index is -0.642. The van der Waals surface area contributed by atoms with Crippen LogP contribution in [0.2, 0.25) is 5.02 Å². The summed E-state index contributed by atoms with van der Waals surface area (Å²) in [5.74, 6) is -0.654. The van der Waals surface area contributed by atoms with Crippen LogP contribution in [-0.2, 0) is 4.79 Å². The van der Waals surface area contributed by atoms with Gasteiger partial charge in [-0.3, -0.25) is 19.7 Å². The molecule has 0 aliphatic heterocycles. The van der Waals surface area contributed by atoms with Crippen molar-refractivity contribution in [2.24, 2.45) is 0 Å². The van der Waals surface area contributed by atoms with E-state index in [9.17, 15) is 19.7 Å². The topological polar surface area (TPSA) is 101 Å². The summed E-state index contributed by atoms with van der Waals surface area (Å²) in [7, 11) is 0. The van der Waals surface area contributed by atoms with Crippen LogP contribution in [0.4, 0.5) is 11.4 Å². The number of nitro groups is 1. The molecule has 0 heterocycles. The van der Waals surface area contributed by atoms with E-state index in [0.29, 0.717) is 12.1 Å². The first-order chi connectivity index (χ1) is 12.3. The number of carbonyl (C=O) groups is 2. The van der Waals surface area contributed by atoms with Gasteiger partial charge in [-0.1, -0.05) is 30.7 Å². The highest BCUT2D eigenvalue weighted by Crippen LogP contribution is 2.24. The maximum Gasteiger partial charge on any atom is 0.283 e. The third-order valence-electron chi connectivity index (χ3n) is 3.76. The Morgan fingerprint density at radius 3 is 2.42 bits per heavy atom. The lowest BCUT2D eigenvalue weighted by atomic mass is 10.1. The van der Waals surface area contributed by atoms with Crippen molar-refractivity contribution in [2.75, 3.05) is 5.32 Å². The molecule has 0 saturated carbocycles. The molecule has 0 aromatic heterocycles. The monoisotopic (exact) mass is 375 g/mol. The Labute approximate surface area is 155 Å².